The van der Waals surface area contributed by atoms with Gasteiger partial charge >= 0.3 is 5.97 Å². The average molecular weight is 375 g/mol. The molecule has 0 saturated heterocycles. The lowest BCUT2D eigenvalue weighted by Crippen LogP contribution is -2.23. The van der Waals surface area contributed by atoms with Crippen LogP contribution in [0.15, 0.2) is 54.6 Å². The number of rotatable bonds is 8. The van der Waals surface area contributed by atoms with Crippen molar-refractivity contribution in [3.8, 4) is 0 Å². The van der Waals surface area contributed by atoms with Crippen molar-refractivity contribution < 1.29 is 22.7 Å². The molecule has 0 aliphatic carbocycles. The molecular weight excluding hydrogens is 354 g/mol. The first kappa shape index (κ1) is 19.7. The van der Waals surface area contributed by atoms with Crippen LogP contribution in [-0.2, 0) is 25.1 Å². The van der Waals surface area contributed by atoms with Crippen LogP contribution >= 0.6 is 0 Å². The molecule has 0 aromatic heterocycles. The number of carbonyl (C=O) groups excluding carboxylic acids is 2. The number of esters is 1. The van der Waals surface area contributed by atoms with Gasteiger partial charge in [-0.05, 0) is 36.2 Å². The summed E-state index contributed by atoms with van der Waals surface area (Å²) >= 11 is 0. The summed E-state index contributed by atoms with van der Waals surface area (Å²) < 4.78 is 29.4. The van der Waals surface area contributed by atoms with Crippen molar-refractivity contribution in [1.82, 2.24) is 0 Å². The Labute approximate surface area is 153 Å². The third-order valence-electron chi connectivity index (χ3n) is 3.42. The molecule has 0 bridgehead atoms. The van der Waals surface area contributed by atoms with Crippen LogP contribution in [0.5, 0.6) is 0 Å². The third-order valence-corrected chi connectivity index (χ3v) is 4.90. The maximum absolute atomic E-state index is 12.2. The van der Waals surface area contributed by atoms with Crippen molar-refractivity contribution in [2.75, 3.05) is 17.7 Å². The summed E-state index contributed by atoms with van der Waals surface area (Å²) in [5.74, 6) is -1.92. The zero-order valence-corrected chi connectivity index (χ0v) is 15.3. The average Bonchev–Trinajstić information content (AvgIpc) is 2.60. The normalized spacial score (nSPS) is 11.0. The summed E-state index contributed by atoms with van der Waals surface area (Å²) in [7, 11) is -3.63. The summed E-state index contributed by atoms with van der Waals surface area (Å²) in [6.07, 6.45) is 0.729. The molecule has 7 heteroatoms. The number of ether oxygens (including phenoxy) is 1. The number of hydrogen-bond donors (Lipinski definition) is 1. The highest BCUT2D eigenvalue weighted by atomic mass is 32.2. The number of anilines is 1. The van der Waals surface area contributed by atoms with E-state index in [2.05, 4.69) is 5.32 Å². The van der Waals surface area contributed by atoms with Gasteiger partial charge in [-0.3, -0.25) is 4.79 Å². The Morgan fingerprint density at radius 3 is 2.27 bits per heavy atom. The van der Waals surface area contributed by atoms with Gasteiger partial charge in [0.1, 0.15) is 5.75 Å². The van der Waals surface area contributed by atoms with Crippen LogP contribution in [0.4, 0.5) is 5.69 Å². The van der Waals surface area contributed by atoms with Crippen molar-refractivity contribution in [3.05, 3.63) is 65.7 Å². The Bertz CT molecular complexity index is 845. The van der Waals surface area contributed by atoms with Crippen LogP contribution < -0.4 is 5.32 Å². The second kappa shape index (κ2) is 9.15. The zero-order valence-electron chi connectivity index (χ0n) is 14.5. The van der Waals surface area contributed by atoms with Gasteiger partial charge in [-0.25, -0.2) is 13.2 Å². The lowest BCUT2D eigenvalue weighted by molar-refractivity contribution is -0.113. The number of benzene rings is 2. The summed E-state index contributed by atoms with van der Waals surface area (Å²) in [5.41, 5.74) is 1.41. The van der Waals surface area contributed by atoms with Crippen molar-refractivity contribution in [2.45, 2.75) is 19.1 Å². The van der Waals surface area contributed by atoms with Crippen LogP contribution in [0.1, 0.15) is 29.3 Å². The molecule has 1 amide bonds. The van der Waals surface area contributed by atoms with Gasteiger partial charge in [0.2, 0.25) is 5.91 Å². The molecule has 2 rings (SSSR count). The summed E-state index contributed by atoms with van der Waals surface area (Å²) in [6.45, 7) is 2.24. The molecule has 1 N–H and O–H groups in total. The minimum atomic E-state index is -3.63. The fraction of sp³-hybridized carbons (Fsp3) is 0.263. The Morgan fingerprint density at radius 2 is 1.65 bits per heavy atom. The van der Waals surface area contributed by atoms with E-state index in [1.54, 1.807) is 42.5 Å². The van der Waals surface area contributed by atoms with E-state index in [1.807, 2.05) is 6.92 Å². The third kappa shape index (κ3) is 6.33. The largest absolute Gasteiger partial charge is 0.462 e. The van der Waals surface area contributed by atoms with E-state index in [9.17, 15) is 18.0 Å². The van der Waals surface area contributed by atoms with Crippen LogP contribution in [0.2, 0.25) is 0 Å². The van der Waals surface area contributed by atoms with E-state index < -0.39 is 27.5 Å². The van der Waals surface area contributed by atoms with E-state index in [-0.39, 0.29) is 5.75 Å². The molecule has 138 valence electrons. The van der Waals surface area contributed by atoms with Gasteiger partial charge in [0.05, 0.1) is 17.9 Å². The second-order valence-electron chi connectivity index (χ2n) is 5.78. The molecule has 0 aliphatic heterocycles. The van der Waals surface area contributed by atoms with Crippen molar-refractivity contribution in [2.24, 2.45) is 0 Å². The highest BCUT2D eigenvalue weighted by molar-refractivity contribution is 7.91. The van der Waals surface area contributed by atoms with E-state index in [0.717, 1.165) is 6.42 Å². The van der Waals surface area contributed by atoms with Gasteiger partial charge in [0.15, 0.2) is 9.84 Å². The lowest BCUT2D eigenvalue weighted by atomic mass is 10.1. The first-order valence-corrected chi connectivity index (χ1v) is 10.0. The molecule has 6 nitrogen and oxygen atoms in total. The fourth-order valence-electron chi connectivity index (χ4n) is 2.24. The lowest BCUT2D eigenvalue weighted by Gasteiger charge is -2.07. The Hall–Kier alpha value is -2.67. The zero-order chi connectivity index (χ0) is 19.0. The predicted octanol–water partition coefficient (Wildman–Crippen LogP) is 2.81. The molecular formula is C19H21NO5S. The van der Waals surface area contributed by atoms with Crippen molar-refractivity contribution in [3.63, 3.8) is 0 Å². The maximum Gasteiger partial charge on any atom is 0.338 e. The highest BCUT2D eigenvalue weighted by Crippen LogP contribution is 2.11. The molecule has 26 heavy (non-hydrogen) atoms. The van der Waals surface area contributed by atoms with Gasteiger partial charge in [-0.2, -0.15) is 0 Å². The first-order valence-electron chi connectivity index (χ1n) is 8.21. The van der Waals surface area contributed by atoms with Gasteiger partial charge < -0.3 is 10.1 Å². The maximum atomic E-state index is 12.2. The van der Waals surface area contributed by atoms with Crippen LogP contribution in [-0.4, -0.2) is 32.7 Å². The molecule has 0 fully saturated rings. The number of nitrogens with one attached hydrogen (secondary N) is 1. The monoisotopic (exact) mass is 375 g/mol. The molecule has 2 aromatic carbocycles. The molecule has 0 saturated carbocycles. The molecule has 0 heterocycles. The van der Waals surface area contributed by atoms with Crippen LogP contribution in [0, 0.1) is 0 Å². The summed E-state index contributed by atoms with van der Waals surface area (Å²) in [5, 5.41) is 2.55. The highest BCUT2D eigenvalue weighted by Gasteiger charge is 2.18. The number of hydrogen-bond acceptors (Lipinski definition) is 5. The summed E-state index contributed by atoms with van der Waals surface area (Å²) in [4.78, 5) is 23.6. The van der Waals surface area contributed by atoms with Crippen LogP contribution in [0.3, 0.4) is 0 Å². The number of sulfone groups is 1. The summed E-state index contributed by atoms with van der Waals surface area (Å²) in [6, 6.07) is 14.8. The first-order chi connectivity index (χ1) is 12.4. The minimum absolute atomic E-state index is 0.278. The smallest absolute Gasteiger partial charge is 0.338 e. The van der Waals surface area contributed by atoms with Crippen LogP contribution in [0.25, 0.3) is 0 Å². The standard InChI is InChI=1S/C19H21NO5S/c1-2-12-25-19(22)16-10-8-15(9-11-16)13-26(23,24)14-18(21)20-17-6-4-3-5-7-17/h3-11H,2,12-14H2,1H3,(H,20,21). The van der Waals surface area contributed by atoms with E-state index >= 15 is 0 Å². The Balaban J connectivity index is 1.94. The second-order valence-corrected chi connectivity index (χ2v) is 7.84. The molecule has 0 atom stereocenters. The molecule has 0 aliphatic rings. The SMILES string of the molecule is CCCOC(=O)c1ccc(CS(=O)(=O)CC(=O)Nc2ccccc2)cc1. The van der Waals surface area contributed by atoms with E-state index in [0.29, 0.717) is 23.4 Å². The van der Waals surface area contributed by atoms with Crippen molar-refractivity contribution >= 4 is 27.4 Å². The Morgan fingerprint density at radius 1 is 1.00 bits per heavy atom. The molecule has 2 aromatic rings. The number of carbonyl (C=O) groups is 2. The topological polar surface area (TPSA) is 89.5 Å². The Kier molecular flexibility index (Phi) is 6.91. The quantitative estimate of drug-likeness (QED) is 0.717. The van der Waals surface area contributed by atoms with E-state index in [4.69, 9.17) is 4.74 Å². The van der Waals surface area contributed by atoms with Crippen molar-refractivity contribution in [1.29, 1.82) is 0 Å². The van der Waals surface area contributed by atoms with Gasteiger partial charge in [0.25, 0.3) is 0 Å². The van der Waals surface area contributed by atoms with E-state index in [1.165, 1.54) is 12.1 Å². The molecule has 0 unspecified atom stereocenters. The number of para-hydroxylation sites is 1. The molecule has 0 spiro atoms. The predicted molar refractivity (Wildman–Crippen MR) is 99.6 cm³/mol. The van der Waals surface area contributed by atoms with Gasteiger partial charge in [-0.15, -0.1) is 0 Å². The van der Waals surface area contributed by atoms with Gasteiger partial charge in [0, 0.05) is 5.69 Å². The molecule has 0 radical (unpaired) electrons. The fourth-order valence-corrected chi connectivity index (χ4v) is 3.51. The minimum Gasteiger partial charge on any atom is -0.462 e. The number of amides is 1. The van der Waals surface area contributed by atoms with Gasteiger partial charge in [-0.1, -0.05) is 37.3 Å².